The summed E-state index contributed by atoms with van der Waals surface area (Å²) in [5, 5.41) is 1.99. The van der Waals surface area contributed by atoms with Crippen molar-refractivity contribution in [3.63, 3.8) is 0 Å². The van der Waals surface area contributed by atoms with E-state index in [4.69, 9.17) is 0 Å². The summed E-state index contributed by atoms with van der Waals surface area (Å²) in [5.41, 5.74) is 1.43. The smallest absolute Gasteiger partial charge is 0.185 e. The van der Waals surface area contributed by atoms with E-state index in [1.54, 1.807) is 30.3 Å². The fourth-order valence-electron chi connectivity index (χ4n) is 4.28. The summed E-state index contributed by atoms with van der Waals surface area (Å²) in [6.45, 7) is 0. The van der Waals surface area contributed by atoms with Crippen LogP contribution in [-0.4, -0.2) is 11.6 Å². The molecule has 29 heavy (non-hydrogen) atoms. The summed E-state index contributed by atoms with van der Waals surface area (Å²) in [6.07, 6.45) is 3.70. The van der Waals surface area contributed by atoms with Crippen LogP contribution in [0.4, 0.5) is 0 Å². The molecular weight excluding hydrogens is 356 g/mol. The van der Waals surface area contributed by atoms with Crippen LogP contribution in [-0.2, 0) is 5.41 Å². The van der Waals surface area contributed by atoms with Crippen molar-refractivity contribution in [2.45, 2.75) is 5.41 Å². The average Bonchev–Trinajstić information content (AvgIpc) is 2.80. The fraction of sp³-hybridized carbons (Fsp3) is 0.0370. The van der Waals surface area contributed by atoms with Gasteiger partial charge < -0.3 is 0 Å². The minimum absolute atomic E-state index is 0.204. The Hall–Kier alpha value is -3.78. The molecule has 0 aromatic heterocycles. The van der Waals surface area contributed by atoms with Gasteiger partial charge in [0.1, 0.15) is 5.41 Å². The minimum atomic E-state index is -1.39. The molecule has 2 nitrogen and oxygen atoms in total. The predicted molar refractivity (Wildman–Crippen MR) is 116 cm³/mol. The van der Waals surface area contributed by atoms with Crippen molar-refractivity contribution in [3.8, 4) is 0 Å². The zero-order chi connectivity index (χ0) is 19.8. The predicted octanol–water partition coefficient (Wildman–Crippen LogP) is 5.87. The number of Topliss-reactive ketones (excluding diaryl/α,β-unsaturated/α-hetero) is 2. The highest BCUT2D eigenvalue weighted by Gasteiger charge is 2.48. The van der Waals surface area contributed by atoms with Crippen LogP contribution in [0, 0.1) is 0 Å². The van der Waals surface area contributed by atoms with Crippen molar-refractivity contribution in [2.75, 3.05) is 0 Å². The number of hydrogen-bond acceptors (Lipinski definition) is 2. The average molecular weight is 374 g/mol. The van der Waals surface area contributed by atoms with Crippen molar-refractivity contribution in [2.24, 2.45) is 0 Å². The molecule has 1 aliphatic rings. The quantitative estimate of drug-likeness (QED) is 0.331. The molecule has 0 spiro atoms. The fourth-order valence-corrected chi connectivity index (χ4v) is 4.28. The normalized spacial score (nSPS) is 13.9. The van der Waals surface area contributed by atoms with E-state index in [9.17, 15) is 9.59 Å². The Balaban J connectivity index is 1.84. The van der Waals surface area contributed by atoms with Crippen LogP contribution in [0.25, 0.3) is 16.8 Å². The molecule has 0 saturated carbocycles. The van der Waals surface area contributed by atoms with Crippen LogP contribution in [0.3, 0.4) is 0 Å². The first kappa shape index (κ1) is 17.3. The van der Waals surface area contributed by atoms with Crippen molar-refractivity contribution in [1.82, 2.24) is 0 Å². The van der Waals surface area contributed by atoms with Gasteiger partial charge in [-0.05, 0) is 21.9 Å². The molecule has 0 aliphatic heterocycles. The van der Waals surface area contributed by atoms with Crippen molar-refractivity contribution in [1.29, 1.82) is 0 Å². The summed E-state index contributed by atoms with van der Waals surface area (Å²) in [4.78, 5) is 27.8. The van der Waals surface area contributed by atoms with E-state index in [2.05, 4.69) is 0 Å². The summed E-state index contributed by atoms with van der Waals surface area (Å²) >= 11 is 0. The first-order chi connectivity index (χ1) is 14.2. The Labute approximate surface area is 169 Å². The Bertz CT molecular complexity index is 1210. The zero-order valence-corrected chi connectivity index (χ0v) is 15.7. The molecule has 0 heterocycles. The zero-order valence-electron chi connectivity index (χ0n) is 15.7. The van der Waals surface area contributed by atoms with E-state index in [0.717, 1.165) is 21.9 Å². The molecule has 5 rings (SSSR count). The monoisotopic (exact) mass is 374 g/mol. The number of ketones is 2. The van der Waals surface area contributed by atoms with E-state index < -0.39 is 5.41 Å². The summed E-state index contributed by atoms with van der Waals surface area (Å²) in [6, 6.07) is 30.0. The van der Waals surface area contributed by atoms with E-state index in [1.807, 2.05) is 78.9 Å². The molecule has 4 aromatic carbocycles. The largest absolute Gasteiger partial charge is 0.292 e. The summed E-state index contributed by atoms with van der Waals surface area (Å²) in [5.74, 6) is -0.407. The number of rotatable bonds is 4. The lowest BCUT2D eigenvalue weighted by Gasteiger charge is -2.33. The lowest BCUT2D eigenvalue weighted by molar-refractivity contribution is 0.0804. The van der Waals surface area contributed by atoms with Gasteiger partial charge in [0, 0.05) is 11.1 Å². The minimum Gasteiger partial charge on any atom is -0.292 e. The van der Waals surface area contributed by atoms with Crippen LogP contribution >= 0.6 is 0 Å². The number of hydrogen-bond donors (Lipinski definition) is 0. The van der Waals surface area contributed by atoms with Gasteiger partial charge >= 0.3 is 0 Å². The van der Waals surface area contributed by atoms with Gasteiger partial charge in [0.15, 0.2) is 11.6 Å². The third-order valence-corrected chi connectivity index (χ3v) is 5.66. The lowest BCUT2D eigenvalue weighted by atomic mass is 9.65. The van der Waals surface area contributed by atoms with E-state index >= 15 is 0 Å². The summed E-state index contributed by atoms with van der Waals surface area (Å²) in [7, 11) is 0. The van der Waals surface area contributed by atoms with Crippen LogP contribution in [0.2, 0.25) is 0 Å². The van der Waals surface area contributed by atoms with Gasteiger partial charge in [-0.3, -0.25) is 9.59 Å². The van der Waals surface area contributed by atoms with Crippen LogP contribution in [0.1, 0.15) is 31.8 Å². The molecular formula is C27H18O2. The van der Waals surface area contributed by atoms with E-state index in [0.29, 0.717) is 11.1 Å². The molecule has 0 saturated heterocycles. The van der Waals surface area contributed by atoms with Gasteiger partial charge in [0.25, 0.3) is 0 Å². The maximum atomic E-state index is 13.9. The highest BCUT2D eigenvalue weighted by molar-refractivity contribution is 6.28. The first-order valence-electron chi connectivity index (χ1n) is 9.63. The molecule has 4 aromatic rings. The lowest BCUT2D eigenvalue weighted by Crippen LogP contribution is -2.43. The van der Waals surface area contributed by atoms with Crippen LogP contribution in [0.5, 0.6) is 0 Å². The highest BCUT2D eigenvalue weighted by atomic mass is 16.2. The van der Waals surface area contributed by atoms with Gasteiger partial charge in [0.2, 0.25) is 0 Å². The van der Waals surface area contributed by atoms with Gasteiger partial charge in [-0.1, -0.05) is 109 Å². The molecule has 0 bridgehead atoms. The number of carbonyl (C=O) groups is 2. The van der Waals surface area contributed by atoms with Gasteiger partial charge in [-0.15, -0.1) is 0 Å². The third kappa shape index (κ3) is 2.57. The Morgan fingerprint density at radius 2 is 1.14 bits per heavy atom. The first-order valence-corrected chi connectivity index (χ1v) is 9.63. The molecule has 2 heteroatoms. The van der Waals surface area contributed by atoms with E-state index in [-0.39, 0.29) is 11.6 Å². The van der Waals surface area contributed by atoms with Gasteiger partial charge in [0.05, 0.1) is 0 Å². The van der Waals surface area contributed by atoms with Crippen molar-refractivity contribution >= 4 is 28.4 Å². The molecule has 138 valence electrons. The molecule has 0 unspecified atom stereocenters. The topological polar surface area (TPSA) is 34.1 Å². The SMILES string of the molecule is O=C(c1ccccc1)C1(C(=O)c2ccccc2)C=Cc2cccc3cccc1c23. The molecule has 0 amide bonds. The Kier molecular flexibility index (Phi) is 3.99. The second-order valence-corrected chi connectivity index (χ2v) is 7.28. The second-order valence-electron chi connectivity index (χ2n) is 7.28. The third-order valence-electron chi connectivity index (χ3n) is 5.66. The maximum Gasteiger partial charge on any atom is 0.185 e. The number of allylic oxidation sites excluding steroid dienone is 1. The standard InChI is InChI=1S/C27H18O2/c28-25(21-9-3-1-4-10-21)27(26(29)22-11-5-2-6-12-22)18-17-20-14-7-13-19-15-8-16-23(27)24(19)20/h1-18H. The molecule has 0 atom stereocenters. The Morgan fingerprint density at radius 3 is 1.72 bits per heavy atom. The van der Waals surface area contributed by atoms with Crippen LogP contribution in [0.15, 0.2) is 103 Å². The molecule has 0 radical (unpaired) electrons. The van der Waals surface area contributed by atoms with Crippen molar-refractivity contribution in [3.05, 3.63) is 125 Å². The van der Waals surface area contributed by atoms with Crippen LogP contribution < -0.4 is 0 Å². The van der Waals surface area contributed by atoms with Gasteiger partial charge in [-0.25, -0.2) is 0 Å². The Morgan fingerprint density at radius 1 is 0.586 bits per heavy atom. The second kappa shape index (κ2) is 6.68. The molecule has 1 aliphatic carbocycles. The van der Waals surface area contributed by atoms with Gasteiger partial charge in [-0.2, -0.15) is 0 Å². The highest BCUT2D eigenvalue weighted by Crippen LogP contribution is 2.43. The van der Waals surface area contributed by atoms with Crippen molar-refractivity contribution < 1.29 is 9.59 Å². The van der Waals surface area contributed by atoms with E-state index in [1.165, 1.54) is 0 Å². The number of carbonyl (C=O) groups excluding carboxylic acids is 2. The summed E-state index contributed by atoms with van der Waals surface area (Å²) < 4.78 is 0. The molecule has 0 fully saturated rings. The maximum absolute atomic E-state index is 13.9. The number of benzene rings is 4. The molecule has 0 N–H and O–H groups in total.